The maximum absolute atomic E-state index is 10.4. The number of hydrogen-bond donors (Lipinski definition) is 2. The topological polar surface area (TPSA) is 58.0 Å². The Labute approximate surface area is 102 Å². The normalized spacial score (nSPS) is 29.0. The van der Waals surface area contributed by atoms with E-state index in [4.69, 9.17) is 0 Å². The third-order valence-electron chi connectivity index (χ3n) is 3.56. The quantitative estimate of drug-likeness (QED) is 0.842. The average molecular weight is 235 g/mol. The summed E-state index contributed by atoms with van der Waals surface area (Å²) < 4.78 is 0. The molecule has 0 amide bonds. The summed E-state index contributed by atoms with van der Waals surface area (Å²) in [5.74, 6) is 1.34. The van der Waals surface area contributed by atoms with Crippen molar-refractivity contribution in [1.82, 2.24) is 9.97 Å². The van der Waals surface area contributed by atoms with E-state index < -0.39 is 5.60 Å². The van der Waals surface area contributed by atoms with Gasteiger partial charge in [0.15, 0.2) is 0 Å². The van der Waals surface area contributed by atoms with Gasteiger partial charge in [-0.1, -0.05) is 6.92 Å². The van der Waals surface area contributed by atoms with Crippen LogP contribution < -0.4 is 5.32 Å². The summed E-state index contributed by atoms with van der Waals surface area (Å²) in [5.41, 5.74) is 0.460. The molecule has 1 saturated carbocycles. The van der Waals surface area contributed by atoms with Gasteiger partial charge in [-0.25, -0.2) is 9.97 Å². The summed E-state index contributed by atoms with van der Waals surface area (Å²) in [6, 6.07) is 0. The van der Waals surface area contributed by atoms with Crippen LogP contribution in [0.5, 0.6) is 0 Å². The van der Waals surface area contributed by atoms with Crippen molar-refractivity contribution < 1.29 is 5.11 Å². The molecule has 1 heterocycles. The Morgan fingerprint density at radius 2 is 1.94 bits per heavy atom. The lowest BCUT2D eigenvalue weighted by molar-refractivity contribution is 0.00487. The van der Waals surface area contributed by atoms with E-state index in [9.17, 15) is 5.11 Å². The van der Waals surface area contributed by atoms with Gasteiger partial charge in [-0.15, -0.1) is 0 Å². The van der Waals surface area contributed by atoms with E-state index >= 15 is 0 Å². The summed E-state index contributed by atoms with van der Waals surface area (Å²) in [4.78, 5) is 8.35. The lowest BCUT2D eigenvalue weighted by Gasteiger charge is -2.34. The molecule has 1 fully saturated rings. The molecule has 2 N–H and O–H groups in total. The number of aliphatic hydroxyl groups is 1. The highest BCUT2D eigenvalue weighted by atomic mass is 16.3. The van der Waals surface area contributed by atoms with E-state index in [1.54, 1.807) is 12.4 Å². The van der Waals surface area contributed by atoms with Gasteiger partial charge in [0, 0.05) is 18.9 Å². The van der Waals surface area contributed by atoms with Crippen LogP contribution >= 0.6 is 0 Å². The molecule has 0 spiro atoms. The molecule has 0 bridgehead atoms. The van der Waals surface area contributed by atoms with Crippen LogP contribution in [-0.4, -0.2) is 27.2 Å². The standard InChI is InChI=1S/C13H21N3O/c1-10-3-5-13(17,6-4-10)9-16-12-14-7-11(2)8-15-12/h7-8,10,17H,3-6,9H2,1-2H3,(H,14,15,16). The van der Waals surface area contributed by atoms with Gasteiger partial charge in [0.25, 0.3) is 0 Å². The predicted molar refractivity (Wildman–Crippen MR) is 67.8 cm³/mol. The summed E-state index contributed by atoms with van der Waals surface area (Å²) in [6.45, 7) is 4.75. The van der Waals surface area contributed by atoms with Crippen LogP contribution in [0.25, 0.3) is 0 Å². The minimum Gasteiger partial charge on any atom is -0.388 e. The molecule has 2 rings (SSSR count). The summed E-state index contributed by atoms with van der Waals surface area (Å²) in [6.07, 6.45) is 7.50. The fourth-order valence-electron chi connectivity index (χ4n) is 2.20. The molecule has 0 unspecified atom stereocenters. The van der Waals surface area contributed by atoms with E-state index in [1.807, 2.05) is 6.92 Å². The van der Waals surface area contributed by atoms with Crippen molar-refractivity contribution >= 4 is 5.95 Å². The number of hydrogen-bond acceptors (Lipinski definition) is 4. The number of rotatable bonds is 3. The molecule has 0 aromatic carbocycles. The first-order valence-corrected chi connectivity index (χ1v) is 6.32. The van der Waals surface area contributed by atoms with Crippen molar-refractivity contribution in [3.8, 4) is 0 Å². The molecule has 1 aliphatic carbocycles. The fourth-order valence-corrected chi connectivity index (χ4v) is 2.20. The Kier molecular flexibility index (Phi) is 3.62. The first kappa shape index (κ1) is 12.3. The molecule has 1 aliphatic rings. The van der Waals surface area contributed by atoms with Crippen LogP contribution in [0.3, 0.4) is 0 Å². The number of anilines is 1. The van der Waals surface area contributed by atoms with E-state index in [0.29, 0.717) is 12.5 Å². The lowest BCUT2D eigenvalue weighted by atomic mass is 9.79. The summed E-state index contributed by atoms with van der Waals surface area (Å²) >= 11 is 0. The maximum Gasteiger partial charge on any atom is 0.222 e. The van der Waals surface area contributed by atoms with Crippen LogP contribution in [0.4, 0.5) is 5.95 Å². The van der Waals surface area contributed by atoms with Crippen molar-refractivity contribution in [3.63, 3.8) is 0 Å². The molecule has 4 nitrogen and oxygen atoms in total. The highest BCUT2D eigenvalue weighted by Crippen LogP contribution is 2.31. The van der Waals surface area contributed by atoms with Crippen molar-refractivity contribution in [2.75, 3.05) is 11.9 Å². The van der Waals surface area contributed by atoms with Gasteiger partial charge < -0.3 is 10.4 Å². The van der Waals surface area contributed by atoms with Crippen molar-refractivity contribution in [2.45, 2.75) is 45.1 Å². The second kappa shape index (κ2) is 5.00. The third-order valence-corrected chi connectivity index (χ3v) is 3.56. The first-order valence-electron chi connectivity index (χ1n) is 6.32. The number of aryl methyl sites for hydroxylation is 1. The van der Waals surface area contributed by atoms with Crippen molar-refractivity contribution in [3.05, 3.63) is 18.0 Å². The highest BCUT2D eigenvalue weighted by Gasteiger charge is 2.31. The molecular formula is C13H21N3O. The Hall–Kier alpha value is -1.16. The zero-order valence-corrected chi connectivity index (χ0v) is 10.6. The van der Waals surface area contributed by atoms with Gasteiger partial charge in [-0.3, -0.25) is 0 Å². The van der Waals surface area contributed by atoms with Crippen molar-refractivity contribution in [2.24, 2.45) is 5.92 Å². The third kappa shape index (κ3) is 3.40. The minimum atomic E-state index is -0.583. The van der Waals surface area contributed by atoms with Crippen molar-refractivity contribution in [1.29, 1.82) is 0 Å². The maximum atomic E-state index is 10.4. The second-order valence-electron chi connectivity index (χ2n) is 5.34. The van der Waals surface area contributed by atoms with Crippen LogP contribution in [-0.2, 0) is 0 Å². The number of aromatic nitrogens is 2. The summed E-state index contributed by atoms with van der Waals surface area (Å²) in [5, 5.41) is 13.5. The van der Waals surface area contributed by atoms with Gasteiger partial charge >= 0.3 is 0 Å². The predicted octanol–water partition coefficient (Wildman–Crippen LogP) is 2.14. The Morgan fingerprint density at radius 1 is 1.35 bits per heavy atom. The van der Waals surface area contributed by atoms with Crippen LogP contribution in [0.2, 0.25) is 0 Å². The van der Waals surface area contributed by atoms with Crippen LogP contribution in [0.1, 0.15) is 38.2 Å². The van der Waals surface area contributed by atoms with E-state index in [1.165, 1.54) is 0 Å². The van der Waals surface area contributed by atoms with E-state index in [-0.39, 0.29) is 0 Å². The fraction of sp³-hybridized carbons (Fsp3) is 0.692. The smallest absolute Gasteiger partial charge is 0.222 e. The Bertz CT molecular complexity index is 355. The van der Waals surface area contributed by atoms with Gasteiger partial charge in [0.05, 0.1) is 5.60 Å². The second-order valence-corrected chi connectivity index (χ2v) is 5.34. The monoisotopic (exact) mass is 235 g/mol. The molecule has 0 radical (unpaired) electrons. The molecule has 0 aliphatic heterocycles. The SMILES string of the molecule is Cc1cnc(NCC2(O)CCC(C)CC2)nc1. The Balaban J connectivity index is 1.87. The average Bonchev–Trinajstić information content (AvgIpc) is 2.33. The highest BCUT2D eigenvalue weighted by molar-refractivity contribution is 5.25. The minimum absolute atomic E-state index is 0.544. The van der Waals surface area contributed by atoms with E-state index in [2.05, 4.69) is 22.2 Å². The van der Waals surface area contributed by atoms with Crippen LogP contribution in [0, 0.1) is 12.8 Å². The molecular weight excluding hydrogens is 214 g/mol. The molecule has 1 aromatic heterocycles. The molecule has 1 aromatic rings. The van der Waals surface area contributed by atoms with E-state index in [0.717, 1.165) is 37.2 Å². The molecule has 94 valence electrons. The molecule has 17 heavy (non-hydrogen) atoms. The number of nitrogens with one attached hydrogen (secondary N) is 1. The largest absolute Gasteiger partial charge is 0.388 e. The lowest BCUT2D eigenvalue weighted by Crippen LogP contribution is -2.40. The first-order chi connectivity index (χ1) is 8.07. The van der Waals surface area contributed by atoms with Gasteiger partial charge in [-0.2, -0.15) is 0 Å². The number of nitrogens with zero attached hydrogens (tertiary/aromatic N) is 2. The molecule has 0 saturated heterocycles. The van der Waals surface area contributed by atoms with Crippen LogP contribution in [0.15, 0.2) is 12.4 Å². The van der Waals surface area contributed by atoms with Gasteiger partial charge in [-0.05, 0) is 44.1 Å². The van der Waals surface area contributed by atoms with Gasteiger partial charge in [0.2, 0.25) is 5.95 Å². The molecule has 0 atom stereocenters. The molecule has 4 heteroatoms. The zero-order valence-electron chi connectivity index (χ0n) is 10.6. The summed E-state index contributed by atoms with van der Waals surface area (Å²) in [7, 11) is 0. The Morgan fingerprint density at radius 3 is 2.53 bits per heavy atom. The zero-order chi connectivity index (χ0) is 12.3. The van der Waals surface area contributed by atoms with Gasteiger partial charge in [0.1, 0.15) is 0 Å².